The highest BCUT2D eigenvalue weighted by atomic mass is 32.2. The van der Waals surface area contributed by atoms with Crippen LogP contribution >= 0.6 is 23.5 Å². The fraction of sp³-hybridized carbons (Fsp3) is 0.913. The van der Waals surface area contributed by atoms with Crippen LogP contribution in [0.1, 0.15) is 65.7 Å². The van der Waals surface area contributed by atoms with Crippen LogP contribution in [0.5, 0.6) is 0 Å². The van der Waals surface area contributed by atoms with Gasteiger partial charge in [-0.05, 0) is 48.5 Å². The number of thioether (sulfide) groups is 2. The number of aliphatic hydroxyl groups is 1. The number of nitrogens with zero attached hydrogens (tertiary/aromatic N) is 1. The van der Waals surface area contributed by atoms with Crippen molar-refractivity contribution in [2.45, 2.75) is 94.2 Å². The maximum atomic E-state index is 13.9. The molecule has 1 spiro atoms. The third kappa shape index (κ3) is 5.95. The topological polar surface area (TPSA) is 105 Å². The molecule has 0 bridgehead atoms. The molecule has 0 radical (unpaired) electrons. The molecule has 7 nitrogen and oxygen atoms in total. The maximum Gasteiger partial charge on any atom is 0.246 e. The monoisotopic (exact) mass is 487 g/mol. The second kappa shape index (κ2) is 10.8. The average Bonchev–Trinajstić information content (AvgIpc) is 3.14. The summed E-state index contributed by atoms with van der Waals surface area (Å²) < 4.78 is 5.13. The van der Waals surface area contributed by atoms with Crippen molar-refractivity contribution in [3.63, 3.8) is 0 Å². The van der Waals surface area contributed by atoms with Gasteiger partial charge < -0.3 is 25.8 Å². The first-order chi connectivity index (χ1) is 15.1. The van der Waals surface area contributed by atoms with Gasteiger partial charge in [-0.25, -0.2) is 0 Å². The Balaban J connectivity index is 1.78. The Morgan fingerprint density at radius 1 is 1.16 bits per heavy atom. The number of aliphatic hydroxyl groups excluding tert-OH is 1. The van der Waals surface area contributed by atoms with Gasteiger partial charge in [0, 0.05) is 13.7 Å². The minimum Gasteiger partial charge on any atom is -0.366 e. The van der Waals surface area contributed by atoms with E-state index < -0.39 is 29.8 Å². The van der Waals surface area contributed by atoms with Gasteiger partial charge in [-0.3, -0.25) is 9.59 Å². The second-order valence-electron chi connectivity index (χ2n) is 10.6. The van der Waals surface area contributed by atoms with Gasteiger partial charge in [0.1, 0.15) is 6.04 Å². The van der Waals surface area contributed by atoms with Gasteiger partial charge in [-0.15, -0.1) is 23.5 Å². The number of carbonyl (C=O) groups is 2. The zero-order valence-electron chi connectivity index (χ0n) is 20.0. The summed E-state index contributed by atoms with van der Waals surface area (Å²) in [4.78, 5) is 28.7. The van der Waals surface area contributed by atoms with E-state index in [1.165, 1.54) is 13.5 Å². The van der Waals surface area contributed by atoms with Crippen LogP contribution < -0.4 is 11.1 Å². The molecule has 184 valence electrons. The summed E-state index contributed by atoms with van der Waals surface area (Å²) in [6.07, 6.45) is 6.12. The maximum absolute atomic E-state index is 13.9. The molecule has 2 amide bonds. The van der Waals surface area contributed by atoms with Gasteiger partial charge in [0.05, 0.1) is 16.2 Å². The van der Waals surface area contributed by atoms with Crippen molar-refractivity contribution in [2.24, 2.45) is 17.1 Å². The number of amides is 2. The smallest absolute Gasteiger partial charge is 0.246 e. The molecule has 4 atom stereocenters. The van der Waals surface area contributed by atoms with Gasteiger partial charge >= 0.3 is 0 Å². The van der Waals surface area contributed by atoms with E-state index in [9.17, 15) is 14.7 Å². The molecule has 4 N–H and O–H groups in total. The quantitative estimate of drug-likeness (QED) is 0.495. The Hall–Kier alpha value is -0.480. The van der Waals surface area contributed by atoms with E-state index in [-0.39, 0.29) is 21.8 Å². The Morgan fingerprint density at radius 2 is 1.78 bits per heavy atom. The van der Waals surface area contributed by atoms with Crippen molar-refractivity contribution >= 4 is 35.3 Å². The third-order valence-electron chi connectivity index (χ3n) is 7.06. The first-order valence-corrected chi connectivity index (χ1v) is 13.9. The highest BCUT2D eigenvalue weighted by Gasteiger charge is 2.52. The second-order valence-corrected chi connectivity index (χ2v) is 13.8. The summed E-state index contributed by atoms with van der Waals surface area (Å²) in [7, 11) is 1.46. The van der Waals surface area contributed by atoms with E-state index in [0.717, 1.165) is 43.6 Å². The van der Waals surface area contributed by atoms with Gasteiger partial charge in [-0.1, -0.05) is 40.0 Å². The van der Waals surface area contributed by atoms with E-state index in [1.54, 1.807) is 4.90 Å². The SMILES string of the molecule is COC(O)C1CC2(CN1C(=O)C(NC(=O)[C@@H](N)C1CCCCC1)C(C)(C)C)SCCCS2. The molecular formula is C23H41N3O4S2. The number of likely N-dealkylation sites (tertiary alicyclic amines) is 1. The molecule has 3 aliphatic rings. The lowest BCUT2D eigenvalue weighted by Crippen LogP contribution is -2.60. The van der Waals surface area contributed by atoms with Crippen molar-refractivity contribution in [2.75, 3.05) is 25.2 Å². The zero-order valence-corrected chi connectivity index (χ0v) is 21.6. The largest absolute Gasteiger partial charge is 0.366 e. The lowest BCUT2D eigenvalue weighted by atomic mass is 9.82. The highest BCUT2D eigenvalue weighted by Crippen LogP contribution is 2.51. The van der Waals surface area contributed by atoms with E-state index >= 15 is 0 Å². The van der Waals surface area contributed by atoms with Crippen molar-refractivity contribution in [3.8, 4) is 0 Å². The summed E-state index contributed by atoms with van der Waals surface area (Å²) in [5.74, 6) is 1.88. The van der Waals surface area contributed by atoms with Crippen LogP contribution in [0.2, 0.25) is 0 Å². The van der Waals surface area contributed by atoms with Crippen molar-refractivity contribution in [1.29, 1.82) is 0 Å². The first-order valence-electron chi connectivity index (χ1n) is 11.9. The van der Waals surface area contributed by atoms with Crippen LogP contribution in [-0.2, 0) is 14.3 Å². The predicted molar refractivity (Wildman–Crippen MR) is 131 cm³/mol. The van der Waals surface area contributed by atoms with E-state index in [4.69, 9.17) is 10.5 Å². The minimum atomic E-state index is -1.05. The normalized spacial score (nSPS) is 27.2. The van der Waals surface area contributed by atoms with Crippen molar-refractivity contribution in [1.82, 2.24) is 10.2 Å². The number of nitrogens with one attached hydrogen (secondary N) is 1. The predicted octanol–water partition coefficient (Wildman–Crippen LogP) is 2.56. The van der Waals surface area contributed by atoms with Crippen molar-refractivity contribution in [3.05, 3.63) is 0 Å². The Kier molecular flexibility index (Phi) is 8.86. The molecular weight excluding hydrogens is 446 g/mol. The summed E-state index contributed by atoms with van der Waals surface area (Å²) in [6.45, 7) is 6.42. The number of hydrogen-bond acceptors (Lipinski definition) is 7. The fourth-order valence-electron chi connectivity index (χ4n) is 5.11. The summed E-state index contributed by atoms with van der Waals surface area (Å²) in [5, 5.41) is 13.6. The van der Waals surface area contributed by atoms with Crippen LogP contribution in [0, 0.1) is 11.3 Å². The lowest BCUT2D eigenvalue weighted by Gasteiger charge is -2.38. The molecule has 2 saturated heterocycles. The summed E-state index contributed by atoms with van der Waals surface area (Å²) >= 11 is 3.76. The number of hydrogen-bond donors (Lipinski definition) is 3. The summed E-state index contributed by atoms with van der Waals surface area (Å²) in [6, 6.07) is -1.74. The fourth-order valence-corrected chi connectivity index (χ4v) is 8.49. The molecule has 9 heteroatoms. The van der Waals surface area contributed by atoms with E-state index in [2.05, 4.69) is 5.32 Å². The zero-order chi connectivity index (χ0) is 23.5. The Bertz CT molecular complexity index is 660. The molecule has 0 aromatic carbocycles. The van der Waals surface area contributed by atoms with Crippen molar-refractivity contribution < 1.29 is 19.4 Å². The highest BCUT2D eigenvalue weighted by molar-refractivity contribution is 8.18. The standard InChI is InChI=1S/C23H41N3O4S2/c1-22(2,3)18(25-19(27)17(24)15-9-6-5-7-10-15)20(28)26-14-23(31-11-8-12-32-23)13-16(26)21(29)30-4/h15-18,21,29H,5-14,24H2,1-4H3,(H,25,27)/t16?,17-,18?,21?/m0/s1. The van der Waals surface area contributed by atoms with Gasteiger partial charge in [0.25, 0.3) is 0 Å². The molecule has 32 heavy (non-hydrogen) atoms. The Morgan fingerprint density at radius 3 is 2.34 bits per heavy atom. The average molecular weight is 488 g/mol. The van der Waals surface area contributed by atoms with E-state index in [1.807, 2.05) is 44.3 Å². The summed E-state index contributed by atoms with van der Waals surface area (Å²) in [5.41, 5.74) is 5.85. The number of methoxy groups -OCH3 is 1. The molecule has 2 heterocycles. The lowest BCUT2D eigenvalue weighted by molar-refractivity contribution is -0.153. The molecule has 1 saturated carbocycles. The van der Waals surface area contributed by atoms with Crippen LogP contribution in [0.3, 0.4) is 0 Å². The van der Waals surface area contributed by atoms with Gasteiger partial charge in [0.15, 0.2) is 6.29 Å². The van der Waals surface area contributed by atoms with Crippen LogP contribution in [-0.4, -0.2) is 75.5 Å². The molecule has 0 aromatic heterocycles. The first kappa shape index (κ1) is 26.1. The van der Waals surface area contributed by atoms with E-state index in [0.29, 0.717) is 13.0 Å². The van der Waals surface area contributed by atoms with Crippen LogP contribution in [0.4, 0.5) is 0 Å². The van der Waals surface area contributed by atoms with Gasteiger partial charge in [0.2, 0.25) is 11.8 Å². The minimum absolute atomic E-state index is 0.122. The number of carbonyl (C=O) groups excluding carboxylic acids is 2. The van der Waals surface area contributed by atoms with Crippen LogP contribution in [0.15, 0.2) is 0 Å². The molecule has 3 rings (SSSR count). The number of rotatable bonds is 6. The molecule has 0 aromatic rings. The Labute approximate surface area is 201 Å². The molecule has 1 aliphatic carbocycles. The third-order valence-corrected chi connectivity index (χ3v) is 10.4. The number of nitrogens with two attached hydrogens (primary N) is 1. The van der Waals surface area contributed by atoms with Gasteiger partial charge in [-0.2, -0.15) is 0 Å². The van der Waals surface area contributed by atoms with Crippen LogP contribution in [0.25, 0.3) is 0 Å². The molecule has 3 unspecified atom stereocenters. The number of ether oxygens (including phenoxy) is 1. The molecule has 2 aliphatic heterocycles. The molecule has 3 fully saturated rings.